The second kappa shape index (κ2) is 25.9. The van der Waals surface area contributed by atoms with Crippen molar-refractivity contribution in [2.24, 2.45) is 0 Å². The third-order valence-electron chi connectivity index (χ3n) is 0. The van der Waals surface area contributed by atoms with Gasteiger partial charge in [0.15, 0.2) is 0 Å². The molecule has 0 atom stereocenters. The first kappa shape index (κ1) is 9.05. The van der Waals surface area contributed by atoms with E-state index in [1.165, 1.54) is 0 Å². The minimum atomic E-state index is 0.611. The SMILES string of the molecule is [O]=[AlH].[O]=[Dy]. The fourth-order valence-corrected chi connectivity index (χ4v) is 0. The van der Waals surface area contributed by atoms with Crippen LogP contribution in [0.25, 0.3) is 0 Å². The van der Waals surface area contributed by atoms with Crippen molar-refractivity contribution >= 4 is 16.2 Å². The summed E-state index contributed by atoms with van der Waals surface area (Å²) in [5.74, 6) is 0. The van der Waals surface area contributed by atoms with Crippen molar-refractivity contribution in [1.29, 1.82) is 0 Å². The fraction of sp³-hybridized carbons (Fsp3) is 0. The van der Waals surface area contributed by atoms with Crippen LogP contribution in [-0.2, 0) is 5.18 Å². The van der Waals surface area contributed by atoms with Crippen molar-refractivity contribution < 1.29 is 41.5 Å². The van der Waals surface area contributed by atoms with Crippen LogP contribution in [0.3, 0.4) is 0 Å². The average molecular weight is 222 g/mol. The molecule has 0 aliphatic rings. The summed E-state index contributed by atoms with van der Waals surface area (Å²) < 4.78 is 16.5. The summed E-state index contributed by atoms with van der Waals surface area (Å²) in [5.41, 5.74) is 0. The zero-order chi connectivity index (χ0) is 4.00. The summed E-state index contributed by atoms with van der Waals surface area (Å²) >= 11 is 1.50. The summed E-state index contributed by atoms with van der Waals surface area (Å²) in [6.45, 7) is 0. The van der Waals surface area contributed by atoms with Gasteiger partial charge >= 0.3 is 57.7 Å². The maximum atomic E-state index is 8.28. The molecule has 0 fully saturated rings. The zero-order valence-electron chi connectivity index (χ0n) is 1.84. The molecule has 0 saturated heterocycles. The summed E-state index contributed by atoms with van der Waals surface area (Å²) in [6.07, 6.45) is 0. The third-order valence-corrected chi connectivity index (χ3v) is 0. The monoisotopic (exact) mass is 224 g/mol. The van der Waals surface area contributed by atoms with Gasteiger partial charge in [-0.05, 0) is 0 Å². The van der Waals surface area contributed by atoms with Gasteiger partial charge in [-0.2, -0.15) is 0 Å². The van der Waals surface area contributed by atoms with E-state index in [-0.39, 0.29) is 0 Å². The van der Waals surface area contributed by atoms with Crippen molar-refractivity contribution in [2.75, 3.05) is 0 Å². The maximum absolute atomic E-state index is 8.28. The van der Waals surface area contributed by atoms with E-state index in [9.17, 15) is 0 Å². The second-order valence-electron chi connectivity index (χ2n) is 0. The summed E-state index contributed by atoms with van der Waals surface area (Å²) in [7, 11) is 0. The zero-order valence-corrected chi connectivity index (χ0v) is 5.28. The normalized spacial score (nSPS) is 2.25. The van der Waals surface area contributed by atoms with Crippen LogP contribution >= 0.6 is 0 Å². The molecule has 0 saturated carbocycles. The molecule has 0 aromatic heterocycles. The van der Waals surface area contributed by atoms with Gasteiger partial charge < -0.3 is 0 Å². The van der Waals surface area contributed by atoms with Gasteiger partial charge in [0.1, 0.15) is 0 Å². The molecule has 4 heavy (non-hydrogen) atoms. The van der Waals surface area contributed by atoms with E-state index in [2.05, 4.69) is 0 Å². The predicted molar refractivity (Wildman–Crippen MR) is 8.52 cm³/mol. The van der Waals surface area contributed by atoms with E-state index in [1.807, 2.05) is 0 Å². The van der Waals surface area contributed by atoms with Gasteiger partial charge in [0.25, 0.3) is 0 Å². The second-order valence-corrected chi connectivity index (χ2v) is 0. The summed E-state index contributed by atoms with van der Waals surface area (Å²) in [6, 6.07) is 0. The Bertz CT molecular complexity index is 8.00. The van der Waals surface area contributed by atoms with E-state index < -0.39 is 0 Å². The van der Waals surface area contributed by atoms with Crippen LogP contribution in [0, 0.1) is 36.3 Å². The molecular formula is HAlDyO2. The Morgan fingerprint density at radius 1 is 1.25 bits per heavy atom. The first-order valence-electron chi connectivity index (χ1n) is 0.418. The Kier molecular flexibility index (Phi) is 58.5. The summed E-state index contributed by atoms with van der Waals surface area (Å²) in [5, 5.41) is 0. The first-order chi connectivity index (χ1) is 2.00. The molecule has 0 bridgehead atoms. The number of rotatable bonds is 0. The topological polar surface area (TPSA) is 34.1 Å². The van der Waals surface area contributed by atoms with E-state index in [1.54, 1.807) is 0 Å². The van der Waals surface area contributed by atoms with Crippen molar-refractivity contribution in [3.8, 4) is 0 Å². The standard InChI is InChI=1S/Al.Dy.2O.H. The fourth-order valence-electron chi connectivity index (χ4n) is 0. The summed E-state index contributed by atoms with van der Waals surface area (Å²) in [4.78, 5) is 0. The van der Waals surface area contributed by atoms with Crippen LogP contribution in [0.4, 0.5) is 0 Å². The molecule has 0 heterocycles. The van der Waals surface area contributed by atoms with E-state index in [0.717, 1.165) is 36.3 Å². The molecule has 0 rings (SSSR count). The Hall–Kier alpha value is 1.41. The Labute approximate surface area is 57.0 Å². The van der Waals surface area contributed by atoms with Crippen molar-refractivity contribution in [3.05, 3.63) is 0 Å². The van der Waals surface area contributed by atoms with Crippen LogP contribution in [0.15, 0.2) is 0 Å². The minimum absolute atomic E-state index is 0.611. The molecule has 0 N–H and O–H groups in total. The molecule has 0 spiro atoms. The number of hydrogen-bond donors (Lipinski definition) is 0. The van der Waals surface area contributed by atoms with Gasteiger partial charge in [-0.25, -0.2) is 0 Å². The van der Waals surface area contributed by atoms with E-state index in [0.29, 0.717) is 16.2 Å². The predicted octanol–water partition coefficient (Wildman–Crippen LogP) is -0.886. The van der Waals surface area contributed by atoms with E-state index >= 15 is 0 Å². The Morgan fingerprint density at radius 3 is 1.25 bits per heavy atom. The molecule has 4 heteroatoms. The van der Waals surface area contributed by atoms with Gasteiger partial charge in [0.2, 0.25) is 0 Å². The molecule has 0 aliphatic heterocycles. The van der Waals surface area contributed by atoms with Crippen molar-refractivity contribution in [2.45, 2.75) is 0 Å². The Balaban J connectivity index is 0. The molecule has 0 aromatic carbocycles. The Morgan fingerprint density at radius 2 is 1.25 bits per heavy atom. The van der Waals surface area contributed by atoms with Crippen LogP contribution in [0.1, 0.15) is 0 Å². The molecule has 0 amide bonds. The van der Waals surface area contributed by atoms with Crippen LogP contribution in [0.2, 0.25) is 0 Å². The van der Waals surface area contributed by atoms with E-state index in [4.69, 9.17) is 5.18 Å². The van der Waals surface area contributed by atoms with Gasteiger partial charge in [-0.15, -0.1) is 0 Å². The van der Waals surface area contributed by atoms with Gasteiger partial charge in [0.05, 0.1) is 0 Å². The first-order valence-corrected chi connectivity index (χ1v) is 1.82. The molecule has 0 radical (unpaired) electrons. The van der Waals surface area contributed by atoms with Crippen LogP contribution in [-0.4, -0.2) is 16.2 Å². The quantitative estimate of drug-likeness (QED) is 0.499. The molecule has 0 aromatic rings. The van der Waals surface area contributed by atoms with Crippen LogP contribution < -0.4 is 0 Å². The molecular weight excluding hydrogens is 221 g/mol. The van der Waals surface area contributed by atoms with Gasteiger partial charge in [-0.1, -0.05) is 0 Å². The van der Waals surface area contributed by atoms with Gasteiger partial charge in [0, 0.05) is 0 Å². The van der Waals surface area contributed by atoms with Gasteiger partial charge in [-0.3, -0.25) is 0 Å². The average Bonchev–Trinajstić information content (AvgIpc) is 1.50. The molecule has 0 unspecified atom stereocenters. The molecule has 0 aliphatic carbocycles. The molecule has 26 valence electrons. The van der Waals surface area contributed by atoms with Crippen molar-refractivity contribution in [3.63, 3.8) is 0 Å². The number of hydrogen-bond acceptors (Lipinski definition) is 2. The molecule has 2 nitrogen and oxygen atoms in total. The van der Waals surface area contributed by atoms with Crippen LogP contribution in [0.5, 0.6) is 0 Å². The third kappa shape index (κ3) is 9.98. The van der Waals surface area contributed by atoms with Crippen molar-refractivity contribution in [1.82, 2.24) is 0 Å².